The molecule has 1 aromatic rings. The number of benzene rings is 1. The zero-order valence-corrected chi connectivity index (χ0v) is 13.2. The van der Waals surface area contributed by atoms with E-state index >= 15 is 0 Å². The van der Waals surface area contributed by atoms with Gasteiger partial charge < -0.3 is 10.2 Å². The van der Waals surface area contributed by atoms with E-state index in [0.29, 0.717) is 0 Å². The van der Waals surface area contributed by atoms with Crippen molar-refractivity contribution in [3.8, 4) is 0 Å². The number of nitrogens with one attached hydrogen (secondary N) is 1. The molecule has 0 amide bonds. The van der Waals surface area contributed by atoms with Gasteiger partial charge in [-0.05, 0) is 75.2 Å². The molecule has 1 heterocycles. The van der Waals surface area contributed by atoms with Crippen LogP contribution in [-0.4, -0.2) is 37.1 Å². The first-order valence-electron chi connectivity index (χ1n) is 8.83. The van der Waals surface area contributed by atoms with Gasteiger partial charge in [-0.3, -0.25) is 0 Å². The van der Waals surface area contributed by atoms with E-state index < -0.39 is 0 Å². The number of hydrogen-bond acceptors (Lipinski definition) is 2. The van der Waals surface area contributed by atoms with Crippen LogP contribution in [0.4, 0.5) is 0 Å². The molecular formula is C19H28N2. The van der Waals surface area contributed by atoms with Crippen molar-refractivity contribution in [1.29, 1.82) is 0 Å². The lowest BCUT2D eigenvalue weighted by atomic mass is 9.65. The van der Waals surface area contributed by atoms with Crippen LogP contribution in [0, 0.1) is 5.92 Å². The highest BCUT2D eigenvalue weighted by molar-refractivity contribution is 5.36. The second kappa shape index (κ2) is 5.73. The van der Waals surface area contributed by atoms with Gasteiger partial charge in [0.2, 0.25) is 0 Å². The largest absolute Gasteiger partial charge is 0.310 e. The van der Waals surface area contributed by atoms with Crippen LogP contribution in [0.5, 0.6) is 0 Å². The van der Waals surface area contributed by atoms with E-state index in [1.165, 1.54) is 51.6 Å². The molecule has 2 bridgehead atoms. The molecule has 2 nitrogen and oxygen atoms in total. The van der Waals surface area contributed by atoms with Gasteiger partial charge in [0.05, 0.1) is 0 Å². The number of rotatable bonds is 2. The number of likely N-dealkylation sites (tertiary alicyclic amines) is 1. The maximum Gasteiger partial charge on any atom is 0.0170 e. The van der Waals surface area contributed by atoms with Crippen LogP contribution in [0.1, 0.15) is 49.1 Å². The van der Waals surface area contributed by atoms with Crippen LogP contribution < -0.4 is 5.32 Å². The number of hydrogen-bond donors (Lipinski definition) is 1. The number of fused-ring (bicyclic) bond motifs is 4. The Kier molecular flexibility index (Phi) is 3.76. The zero-order chi connectivity index (χ0) is 14.2. The topological polar surface area (TPSA) is 15.3 Å². The fraction of sp³-hybridized carbons (Fsp3) is 0.684. The van der Waals surface area contributed by atoms with Gasteiger partial charge in [-0.15, -0.1) is 0 Å². The summed E-state index contributed by atoms with van der Waals surface area (Å²) in [7, 11) is 2.25. The smallest absolute Gasteiger partial charge is 0.0170 e. The van der Waals surface area contributed by atoms with Gasteiger partial charge in [0.15, 0.2) is 0 Å². The van der Waals surface area contributed by atoms with Crippen LogP contribution in [0.15, 0.2) is 24.3 Å². The Morgan fingerprint density at radius 3 is 2.71 bits per heavy atom. The molecule has 1 aliphatic heterocycles. The summed E-state index contributed by atoms with van der Waals surface area (Å²) in [6, 6.07) is 10.7. The van der Waals surface area contributed by atoms with Gasteiger partial charge in [-0.1, -0.05) is 30.7 Å². The van der Waals surface area contributed by atoms with Gasteiger partial charge in [0.1, 0.15) is 0 Å². The third-order valence-electron chi connectivity index (χ3n) is 6.11. The summed E-state index contributed by atoms with van der Waals surface area (Å²) in [5, 5.41) is 4.09. The summed E-state index contributed by atoms with van der Waals surface area (Å²) in [4.78, 5) is 2.47. The van der Waals surface area contributed by atoms with Crippen LogP contribution in [0.2, 0.25) is 0 Å². The van der Waals surface area contributed by atoms with Crippen molar-refractivity contribution in [3.63, 3.8) is 0 Å². The first-order chi connectivity index (χ1) is 10.3. The highest BCUT2D eigenvalue weighted by atomic mass is 15.1. The third-order valence-corrected chi connectivity index (χ3v) is 6.11. The number of nitrogens with zero attached hydrogens (tertiary/aromatic N) is 1. The Labute approximate surface area is 128 Å². The van der Waals surface area contributed by atoms with Crippen molar-refractivity contribution in [2.75, 3.05) is 20.1 Å². The SMILES string of the molecule is CN1CCC(NC2C3CCCC2c2ccccc2C3)CC1. The van der Waals surface area contributed by atoms with Crippen molar-refractivity contribution in [2.45, 2.75) is 56.5 Å². The van der Waals surface area contributed by atoms with E-state index in [-0.39, 0.29) is 0 Å². The fourth-order valence-corrected chi connectivity index (χ4v) is 4.93. The molecule has 1 aromatic carbocycles. The fourth-order valence-electron chi connectivity index (χ4n) is 4.93. The molecule has 3 atom stereocenters. The third kappa shape index (κ3) is 2.64. The monoisotopic (exact) mass is 284 g/mol. The molecule has 2 heteroatoms. The highest BCUT2D eigenvalue weighted by Crippen LogP contribution is 2.44. The molecule has 21 heavy (non-hydrogen) atoms. The Hall–Kier alpha value is -0.860. The van der Waals surface area contributed by atoms with Crippen molar-refractivity contribution in [1.82, 2.24) is 10.2 Å². The summed E-state index contributed by atoms with van der Waals surface area (Å²) < 4.78 is 0. The van der Waals surface area contributed by atoms with E-state index in [0.717, 1.165) is 23.9 Å². The van der Waals surface area contributed by atoms with Crippen LogP contribution in [0.3, 0.4) is 0 Å². The normalized spacial score (nSPS) is 33.7. The molecular weight excluding hydrogens is 256 g/mol. The van der Waals surface area contributed by atoms with Crippen molar-refractivity contribution >= 4 is 0 Å². The molecule has 1 saturated heterocycles. The standard InChI is InChI=1S/C19H28N2/c1-21-11-9-16(10-12-21)20-19-15-6-4-8-18(19)17-7-3-2-5-14(17)13-15/h2-3,5,7,15-16,18-20H,4,6,8-13H2,1H3. The predicted octanol–water partition coefficient (Wildman–Crippen LogP) is 3.18. The maximum absolute atomic E-state index is 4.09. The van der Waals surface area contributed by atoms with E-state index in [9.17, 15) is 0 Å². The molecule has 0 aromatic heterocycles. The van der Waals surface area contributed by atoms with Gasteiger partial charge in [0, 0.05) is 12.1 Å². The average Bonchev–Trinajstić information content (AvgIpc) is 2.50. The van der Waals surface area contributed by atoms with Crippen molar-refractivity contribution in [3.05, 3.63) is 35.4 Å². The maximum atomic E-state index is 4.09. The highest BCUT2D eigenvalue weighted by Gasteiger charge is 2.40. The minimum absolute atomic E-state index is 0.738. The summed E-state index contributed by atoms with van der Waals surface area (Å²) in [5.41, 5.74) is 3.28. The summed E-state index contributed by atoms with van der Waals surface area (Å²) in [6.07, 6.45) is 8.20. The molecule has 4 rings (SSSR count). The van der Waals surface area contributed by atoms with Gasteiger partial charge >= 0.3 is 0 Å². The molecule has 0 radical (unpaired) electrons. The predicted molar refractivity (Wildman–Crippen MR) is 87.7 cm³/mol. The average molecular weight is 284 g/mol. The first kappa shape index (κ1) is 13.8. The minimum atomic E-state index is 0.738. The Balaban J connectivity index is 1.53. The second-order valence-corrected chi connectivity index (χ2v) is 7.47. The second-order valence-electron chi connectivity index (χ2n) is 7.47. The lowest BCUT2D eigenvalue weighted by Crippen LogP contribution is -2.53. The number of piperidine rings is 1. The summed E-state index contributed by atoms with van der Waals surface area (Å²) in [6.45, 7) is 2.52. The van der Waals surface area contributed by atoms with E-state index in [4.69, 9.17) is 0 Å². The molecule has 114 valence electrons. The molecule has 1 N–H and O–H groups in total. The van der Waals surface area contributed by atoms with Gasteiger partial charge in [-0.25, -0.2) is 0 Å². The zero-order valence-electron chi connectivity index (χ0n) is 13.2. The molecule has 2 aliphatic carbocycles. The minimum Gasteiger partial charge on any atom is -0.310 e. The van der Waals surface area contributed by atoms with Gasteiger partial charge in [0.25, 0.3) is 0 Å². The first-order valence-corrected chi connectivity index (χ1v) is 8.83. The molecule has 0 spiro atoms. The lowest BCUT2D eigenvalue weighted by Gasteiger charge is -2.46. The Morgan fingerprint density at radius 1 is 1.05 bits per heavy atom. The van der Waals surface area contributed by atoms with Gasteiger partial charge in [-0.2, -0.15) is 0 Å². The lowest BCUT2D eigenvalue weighted by molar-refractivity contribution is 0.162. The molecule has 1 saturated carbocycles. The quantitative estimate of drug-likeness (QED) is 0.897. The summed E-state index contributed by atoms with van der Waals surface area (Å²) >= 11 is 0. The molecule has 2 fully saturated rings. The van der Waals surface area contributed by atoms with Crippen LogP contribution >= 0.6 is 0 Å². The molecule has 3 aliphatic rings. The van der Waals surface area contributed by atoms with Crippen LogP contribution in [-0.2, 0) is 6.42 Å². The van der Waals surface area contributed by atoms with E-state index in [1.807, 2.05) is 0 Å². The molecule has 3 unspecified atom stereocenters. The van der Waals surface area contributed by atoms with Crippen molar-refractivity contribution < 1.29 is 0 Å². The van der Waals surface area contributed by atoms with Crippen LogP contribution in [0.25, 0.3) is 0 Å². The van der Waals surface area contributed by atoms with Crippen molar-refractivity contribution in [2.24, 2.45) is 5.92 Å². The summed E-state index contributed by atoms with van der Waals surface area (Å²) in [5.74, 6) is 1.65. The van der Waals surface area contributed by atoms with E-state index in [1.54, 1.807) is 11.1 Å². The Bertz CT molecular complexity index is 490. The van der Waals surface area contributed by atoms with E-state index in [2.05, 4.69) is 41.5 Å². The Morgan fingerprint density at radius 2 is 1.86 bits per heavy atom.